The zero-order chi connectivity index (χ0) is 16.1. The summed E-state index contributed by atoms with van der Waals surface area (Å²) in [6.07, 6.45) is 12.0. The molecule has 132 valence electrons. The molecule has 0 aromatic carbocycles. The van der Waals surface area contributed by atoms with E-state index in [0.29, 0.717) is 26.4 Å². The third-order valence-corrected chi connectivity index (χ3v) is 7.48. The summed E-state index contributed by atoms with van der Waals surface area (Å²) in [6, 6.07) is 0. The second-order valence-corrected chi connectivity index (χ2v) is 8.61. The molecule has 0 aromatic rings. The van der Waals surface area contributed by atoms with Crippen LogP contribution in [-0.4, -0.2) is 32.1 Å². The van der Waals surface area contributed by atoms with Crippen molar-refractivity contribution >= 4 is 5.97 Å². The number of allylic oxidation sites excluding steroid dienone is 2. The molecule has 3 saturated carbocycles. The standard InChI is InChI=1S/C20H28O4/c21-18(23-10-16-9-22-11-24-16)3-1-2-12-6-15-8-17(12)20-14-5-4-13(7-14)19(15)20/h4-5,12-17,19-20H,1-3,6-11H2. The number of carbonyl (C=O) groups excluding carboxylic acids is 1. The number of esters is 1. The molecule has 0 aromatic heterocycles. The predicted molar refractivity (Wildman–Crippen MR) is 87.9 cm³/mol. The maximum absolute atomic E-state index is 11.9. The molecule has 5 rings (SSSR count). The molecule has 8 atom stereocenters. The topological polar surface area (TPSA) is 44.8 Å². The Labute approximate surface area is 143 Å². The molecule has 0 spiro atoms. The van der Waals surface area contributed by atoms with Crippen LogP contribution in [0.2, 0.25) is 0 Å². The second-order valence-electron chi connectivity index (χ2n) is 8.61. The third kappa shape index (κ3) is 2.53. The quantitative estimate of drug-likeness (QED) is 0.426. The normalized spacial score (nSPS) is 47.5. The van der Waals surface area contributed by atoms with Crippen molar-refractivity contribution in [2.75, 3.05) is 20.0 Å². The Hall–Kier alpha value is -0.870. The summed E-state index contributed by atoms with van der Waals surface area (Å²) >= 11 is 0. The van der Waals surface area contributed by atoms with Crippen LogP contribution < -0.4 is 0 Å². The van der Waals surface area contributed by atoms with Crippen molar-refractivity contribution < 1.29 is 19.0 Å². The second kappa shape index (κ2) is 6.14. The Kier molecular flexibility index (Phi) is 3.93. The smallest absolute Gasteiger partial charge is 0.305 e. The molecule has 4 bridgehead atoms. The predicted octanol–water partition coefficient (Wildman–Crippen LogP) is 3.17. The van der Waals surface area contributed by atoms with Gasteiger partial charge in [-0.1, -0.05) is 12.2 Å². The Bertz CT molecular complexity index is 524. The van der Waals surface area contributed by atoms with E-state index in [1.54, 1.807) is 0 Å². The molecule has 1 heterocycles. The fraction of sp³-hybridized carbons (Fsp3) is 0.850. The van der Waals surface area contributed by atoms with Crippen LogP contribution in [0.3, 0.4) is 0 Å². The van der Waals surface area contributed by atoms with Crippen LogP contribution in [0.5, 0.6) is 0 Å². The molecule has 4 nitrogen and oxygen atoms in total. The van der Waals surface area contributed by atoms with Gasteiger partial charge in [0.25, 0.3) is 0 Å². The lowest BCUT2D eigenvalue weighted by atomic mass is 9.68. The molecule has 24 heavy (non-hydrogen) atoms. The van der Waals surface area contributed by atoms with Crippen molar-refractivity contribution in [2.45, 2.75) is 44.6 Å². The van der Waals surface area contributed by atoms with Crippen molar-refractivity contribution in [1.29, 1.82) is 0 Å². The van der Waals surface area contributed by atoms with Gasteiger partial charge >= 0.3 is 5.97 Å². The lowest BCUT2D eigenvalue weighted by Gasteiger charge is -2.36. The van der Waals surface area contributed by atoms with Crippen LogP contribution in [0, 0.1) is 41.4 Å². The highest BCUT2D eigenvalue weighted by molar-refractivity contribution is 5.69. The highest BCUT2D eigenvalue weighted by Crippen LogP contribution is 2.67. The monoisotopic (exact) mass is 332 g/mol. The highest BCUT2D eigenvalue weighted by atomic mass is 16.7. The van der Waals surface area contributed by atoms with Gasteiger partial charge in [0.05, 0.1) is 6.61 Å². The molecule has 5 aliphatic rings. The SMILES string of the molecule is O=C(CCCC1CC2CC1C1C3C=CC(C3)C21)OCC1COCO1. The van der Waals surface area contributed by atoms with Gasteiger partial charge in [-0.05, 0) is 73.5 Å². The Morgan fingerprint density at radius 2 is 2.00 bits per heavy atom. The fourth-order valence-corrected chi connectivity index (χ4v) is 6.72. The summed E-state index contributed by atoms with van der Waals surface area (Å²) in [7, 11) is 0. The molecular formula is C20H28O4. The van der Waals surface area contributed by atoms with Crippen LogP contribution in [0.25, 0.3) is 0 Å². The first-order valence-corrected chi connectivity index (χ1v) is 9.83. The van der Waals surface area contributed by atoms with Crippen LogP contribution in [-0.2, 0) is 19.0 Å². The lowest BCUT2D eigenvalue weighted by Crippen LogP contribution is -2.31. The molecule has 0 radical (unpaired) electrons. The molecule has 4 fully saturated rings. The first kappa shape index (κ1) is 15.4. The minimum atomic E-state index is -0.0746. The van der Waals surface area contributed by atoms with E-state index >= 15 is 0 Å². The molecular weight excluding hydrogens is 304 g/mol. The van der Waals surface area contributed by atoms with Gasteiger partial charge in [-0.15, -0.1) is 0 Å². The zero-order valence-corrected chi connectivity index (χ0v) is 14.3. The molecule has 4 heteroatoms. The summed E-state index contributed by atoms with van der Waals surface area (Å²) in [4.78, 5) is 11.9. The summed E-state index contributed by atoms with van der Waals surface area (Å²) < 4.78 is 15.7. The first-order valence-electron chi connectivity index (χ1n) is 9.83. The number of fused-ring (bicyclic) bond motifs is 9. The van der Waals surface area contributed by atoms with Gasteiger partial charge < -0.3 is 14.2 Å². The minimum absolute atomic E-state index is 0.0673. The highest BCUT2D eigenvalue weighted by Gasteiger charge is 2.60. The Morgan fingerprint density at radius 3 is 2.83 bits per heavy atom. The Morgan fingerprint density at radius 1 is 1.12 bits per heavy atom. The maximum Gasteiger partial charge on any atom is 0.305 e. The maximum atomic E-state index is 11.9. The molecule has 0 amide bonds. The van der Waals surface area contributed by atoms with Crippen LogP contribution in [0.4, 0.5) is 0 Å². The van der Waals surface area contributed by atoms with Crippen LogP contribution in [0.15, 0.2) is 12.2 Å². The van der Waals surface area contributed by atoms with Crippen molar-refractivity contribution in [2.24, 2.45) is 41.4 Å². The number of ether oxygens (including phenoxy) is 3. The largest absolute Gasteiger partial charge is 0.463 e. The van der Waals surface area contributed by atoms with Crippen molar-refractivity contribution in [3.05, 3.63) is 12.2 Å². The zero-order valence-electron chi connectivity index (χ0n) is 14.3. The van der Waals surface area contributed by atoms with Gasteiger partial charge in [0.2, 0.25) is 0 Å². The van der Waals surface area contributed by atoms with Crippen molar-refractivity contribution in [1.82, 2.24) is 0 Å². The summed E-state index contributed by atoms with van der Waals surface area (Å²) in [6.45, 7) is 1.20. The minimum Gasteiger partial charge on any atom is -0.463 e. The summed E-state index contributed by atoms with van der Waals surface area (Å²) in [5.74, 6) is 6.51. The number of hydrogen-bond acceptors (Lipinski definition) is 4. The van der Waals surface area contributed by atoms with Crippen LogP contribution in [0.1, 0.15) is 38.5 Å². The van der Waals surface area contributed by atoms with Crippen molar-refractivity contribution in [3.8, 4) is 0 Å². The molecule has 4 aliphatic carbocycles. The first-order chi connectivity index (χ1) is 11.8. The number of rotatable bonds is 6. The lowest BCUT2D eigenvalue weighted by molar-refractivity contribution is -0.146. The average molecular weight is 332 g/mol. The van der Waals surface area contributed by atoms with E-state index in [1.807, 2.05) is 0 Å². The number of carbonyl (C=O) groups is 1. The van der Waals surface area contributed by atoms with E-state index in [2.05, 4.69) is 12.2 Å². The van der Waals surface area contributed by atoms with Gasteiger partial charge in [-0.2, -0.15) is 0 Å². The van der Waals surface area contributed by atoms with Gasteiger partial charge in [0, 0.05) is 6.42 Å². The van der Waals surface area contributed by atoms with E-state index < -0.39 is 0 Å². The van der Waals surface area contributed by atoms with Gasteiger partial charge in [0.15, 0.2) is 0 Å². The fourth-order valence-electron chi connectivity index (χ4n) is 6.72. The average Bonchev–Trinajstić information content (AvgIpc) is 3.38. The van der Waals surface area contributed by atoms with Gasteiger partial charge in [-0.25, -0.2) is 0 Å². The van der Waals surface area contributed by atoms with Crippen LogP contribution >= 0.6 is 0 Å². The van der Waals surface area contributed by atoms with E-state index in [9.17, 15) is 4.79 Å². The summed E-state index contributed by atoms with van der Waals surface area (Å²) in [5.41, 5.74) is 0. The van der Waals surface area contributed by atoms with E-state index in [1.165, 1.54) is 25.7 Å². The molecule has 8 unspecified atom stereocenters. The van der Waals surface area contributed by atoms with Crippen molar-refractivity contribution in [3.63, 3.8) is 0 Å². The van der Waals surface area contributed by atoms with Gasteiger partial charge in [0.1, 0.15) is 19.5 Å². The molecule has 1 saturated heterocycles. The molecule has 1 aliphatic heterocycles. The molecule has 0 N–H and O–H groups in total. The number of hydrogen-bond donors (Lipinski definition) is 0. The Balaban J connectivity index is 1.06. The van der Waals surface area contributed by atoms with E-state index in [0.717, 1.165) is 47.8 Å². The third-order valence-electron chi connectivity index (χ3n) is 7.48. The summed E-state index contributed by atoms with van der Waals surface area (Å²) in [5, 5.41) is 0. The van der Waals surface area contributed by atoms with Gasteiger partial charge in [-0.3, -0.25) is 4.79 Å². The van der Waals surface area contributed by atoms with E-state index in [-0.39, 0.29) is 12.1 Å². The van der Waals surface area contributed by atoms with E-state index in [4.69, 9.17) is 14.2 Å².